The molecule has 0 heterocycles. The second kappa shape index (κ2) is 11.2. The first-order valence-electron chi connectivity index (χ1n) is 10.7. The predicted octanol–water partition coefficient (Wildman–Crippen LogP) is 5.47. The number of benzene rings is 3. The van der Waals surface area contributed by atoms with Gasteiger partial charge in [0.25, 0.3) is 0 Å². The normalized spacial score (nSPS) is 11.6. The van der Waals surface area contributed by atoms with Crippen LogP contribution in [0.5, 0.6) is 11.5 Å². The van der Waals surface area contributed by atoms with Gasteiger partial charge in [0, 0.05) is 20.0 Å². The van der Waals surface area contributed by atoms with Gasteiger partial charge in [-0.25, -0.2) is 0 Å². The van der Waals surface area contributed by atoms with Crippen LogP contribution in [0.25, 0.3) is 0 Å². The van der Waals surface area contributed by atoms with Crippen LogP contribution in [0.4, 0.5) is 0 Å². The first-order chi connectivity index (χ1) is 15.1. The second-order valence-electron chi connectivity index (χ2n) is 7.74. The molecule has 3 aromatic rings. The zero-order valence-corrected chi connectivity index (χ0v) is 18.6. The zero-order valence-electron chi connectivity index (χ0n) is 18.6. The number of carbonyl (C=O) groups excluding carboxylic acids is 1. The molecule has 0 spiro atoms. The van der Waals surface area contributed by atoms with Crippen LogP contribution in [0, 0.1) is 0 Å². The average molecular weight is 418 g/mol. The Hall–Kier alpha value is -3.27. The van der Waals surface area contributed by atoms with Crippen LogP contribution < -0.4 is 9.47 Å². The molecular weight excluding hydrogens is 386 g/mol. The number of rotatable bonds is 10. The van der Waals surface area contributed by atoms with Crippen molar-refractivity contribution in [2.75, 3.05) is 20.8 Å². The van der Waals surface area contributed by atoms with E-state index in [2.05, 4.69) is 36.4 Å². The fraction of sp³-hybridized carbons (Fsp3) is 0.296. The monoisotopic (exact) mass is 417 g/mol. The maximum Gasteiger partial charge on any atom is 0.219 e. The zero-order chi connectivity index (χ0) is 22.1. The first-order valence-corrected chi connectivity index (χ1v) is 10.7. The van der Waals surface area contributed by atoms with Crippen LogP contribution in [0.2, 0.25) is 0 Å². The Morgan fingerprint density at radius 1 is 0.806 bits per heavy atom. The maximum absolute atomic E-state index is 12.3. The molecule has 0 aromatic heterocycles. The van der Waals surface area contributed by atoms with Gasteiger partial charge in [-0.2, -0.15) is 0 Å². The SMILES string of the molecule is COc1ccc(CN(CC[C@@H](Cc2ccccc2)c2ccc(OC)cc2)C(C)=O)cc1. The summed E-state index contributed by atoms with van der Waals surface area (Å²) in [4.78, 5) is 14.3. The van der Waals surface area contributed by atoms with E-state index in [0.29, 0.717) is 19.0 Å². The molecule has 0 saturated carbocycles. The summed E-state index contributed by atoms with van der Waals surface area (Å²) in [6.45, 7) is 2.94. The van der Waals surface area contributed by atoms with E-state index in [9.17, 15) is 4.79 Å². The number of hydrogen-bond donors (Lipinski definition) is 0. The van der Waals surface area contributed by atoms with Gasteiger partial charge < -0.3 is 14.4 Å². The van der Waals surface area contributed by atoms with Crippen LogP contribution in [0.15, 0.2) is 78.9 Å². The third-order valence-electron chi connectivity index (χ3n) is 5.64. The molecule has 0 fully saturated rings. The second-order valence-corrected chi connectivity index (χ2v) is 7.74. The first kappa shape index (κ1) is 22.4. The molecule has 0 N–H and O–H groups in total. The molecule has 4 heteroatoms. The van der Waals surface area contributed by atoms with Gasteiger partial charge in [0.15, 0.2) is 0 Å². The van der Waals surface area contributed by atoms with Crippen molar-refractivity contribution in [3.63, 3.8) is 0 Å². The molecule has 162 valence electrons. The van der Waals surface area contributed by atoms with Crippen molar-refractivity contribution in [3.05, 3.63) is 95.6 Å². The van der Waals surface area contributed by atoms with E-state index in [1.54, 1.807) is 21.1 Å². The summed E-state index contributed by atoms with van der Waals surface area (Å²) in [5, 5.41) is 0. The van der Waals surface area contributed by atoms with Gasteiger partial charge in [-0.05, 0) is 59.7 Å². The van der Waals surface area contributed by atoms with E-state index in [1.807, 2.05) is 47.4 Å². The highest BCUT2D eigenvalue weighted by Crippen LogP contribution is 2.27. The summed E-state index contributed by atoms with van der Waals surface area (Å²) in [5.74, 6) is 2.07. The van der Waals surface area contributed by atoms with Crippen molar-refractivity contribution in [1.29, 1.82) is 0 Å². The number of hydrogen-bond acceptors (Lipinski definition) is 3. The van der Waals surface area contributed by atoms with Crippen LogP contribution in [0.1, 0.15) is 36.0 Å². The molecule has 3 rings (SSSR count). The largest absolute Gasteiger partial charge is 0.497 e. The Labute approximate surface area is 185 Å². The lowest BCUT2D eigenvalue weighted by Gasteiger charge is -2.25. The van der Waals surface area contributed by atoms with Gasteiger partial charge in [-0.1, -0.05) is 54.6 Å². The lowest BCUT2D eigenvalue weighted by Crippen LogP contribution is -2.30. The highest BCUT2D eigenvalue weighted by molar-refractivity contribution is 5.73. The Balaban J connectivity index is 1.73. The predicted molar refractivity (Wildman–Crippen MR) is 125 cm³/mol. The van der Waals surface area contributed by atoms with Gasteiger partial charge >= 0.3 is 0 Å². The van der Waals surface area contributed by atoms with E-state index < -0.39 is 0 Å². The summed E-state index contributed by atoms with van der Waals surface area (Å²) >= 11 is 0. The Morgan fingerprint density at radius 2 is 1.39 bits per heavy atom. The minimum Gasteiger partial charge on any atom is -0.497 e. The summed E-state index contributed by atoms with van der Waals surface area (Å²) in [6.07, 6.45) is 1.82. The van der Waals surface area contributed by atoms with Crippen LogP contribution in [0.3, 0.4) is 0 Å². The standard InChI is InChI=1S/C27H31NO3/c1-21(29)28(20-23-9-13-26(30-2)14-10-23)18-17-25(19-22-7-5-4-6-8-22)24-11-15-27(31-3)16-12-24/h4-16,25H,17-20H2,1-3H3/t25-/m0/s1. The average Bonchev–Trinajstić information content (AvgIpc) is 2.81. The Morgan fingerprint density at radius 3 is 1.94 bits per heavy atom. The lowest BCUT2D eigenvalue weighted by molar-refractivity contribution is -0.129. The fourth-order valence-corrected chi connectivity index (χ4v) is 3.77. The molecule has 0 aliphatic rings. The van der Waals surface area contributed by atoms with Crippen molar-refractivity contribution in [1.82, 2.24) is 4.90 Å². The highest BCUT2D eigenvalue weighted by Gasteiger charge is 2.17. The molecule has 0 bridgehead atoms. The minimum atomic E-state index is 0.0870. The highest BCUT2D eigenvalue weighted by atomic mass is 16.5. The minimum absolute atomic E-state index is 0.0870. The topological polar surface area (TPSA) is 38.8 Å². The summed E-state index contributed by atoms with van der Waals surface area (Å²) < 4.78 is 10.6. The van der Waals surface area contributed by atoms with Gasteiger partial charge in [-0.15, -0.1) is 0 Å². The van der Waals surface area contributed by atoms with Crippen molar-refractivity contribution in [2.24, 2.45) is 0 Å². The molecule has 0 saturated heterocycles. The van der Waals surface area contributed by atoms with Crippen LogP contribution in [-0.4, -0.2) is 31.6 Å². The summed E-state index contributed by atoms with van der Waals surface area (Å²) in [5.41, 5.74) is 3.66. The number of methoxy groups -OCH3 is 2. The van der Waals surface area contributed by atoms with E-state index >= 15 is 0 Å². The van der Waals surface area contributed by atoms with E-state index in [1.165, 1.54) is 11.1 Å². The van der Waals surface area contributed by atoms with Gasteiger partial charge in [0.05, 0.1) is 14.2 Å². The molecule has 1 atom stereocenters. The van der Waals surface area contributed by atoms with E-state index in [4.69, 9.17) is 9.47 Å². The molecule has 0 radical (unpaired) electrons. The van der Waals surface area contributed by atoms with Crippen molar-refractivity contribution < 1.29 is 14.3 Å². The molecule has 1 amide bonds. The molecule has 0 unspecified atom stereocenters. The van der Waals surface area contributed by atoms with E-state index in [-0.39, 0.29) is 5.91 Å². The van der Waals surface area contributed by atoms with Gasteiger partial charge in [0.1, 0.15) is 11.5 Å². The quantitative estimate of drug-likeness (QED) is 0.439. The smallest absolute Gasteiger partial charge is 0.219 e. The van der Waals surface area contributed by atoms with Crippen molar-refractivity contribution in [3.8, 4) is 11.5 Å². The molecule has 0 aliphatic heterocycles. The Bertz CT molecular complexity index is 936. The molecule has 4 nitrogen and oxygen atoms in total. The molecule has 31 heavy (non-hydrogen) atoms. The van der Waals surface area contributed by atoms with Crippen LogP contribution in [-0.2, 0) is 17.8 Å². The summed E-state index contributed by atoms with van der Waals surface area (Å²) in [7, 11) is 3.34. The maximum atomic E-state index is 12.3. The summed E-state index contributed by atoms with van der Waals surface area (Å²) in [6, 6.07) is 26.7. The molecular formula is C27H31NO3. The number of nitrogens with zero attached hydrogens (tertiary/aromatic N) is 1. The van der Waals surface area contributed by atoms with Crippen LogP contribution >= 0.6 is 0 Å². The number of amides is 1. The molecule has 3 aromatic carbocycles. The molecule has 0 aliphatic carbocycles. The number of ether oxygens (including phenoxy) is 2. The fourth-order valence-electron chi connectivity index (χ4n) is 3.77. The van der Waals surface area contributed by atoms with E-state index in [0.717, 1.165) is 29.9 Å². The third-order valence-corrected chi connectivity index (χ3v) is 5.64. The third kappa shape index (κ3) is 6.61. The van der Waals surface area contributed by atoms with Gasteiger partial charge in [0.2, 0.25) is 5.91 Å². The van der Waals surface area contributed by atoms with Crippen molar-refractivity contribution >= 4 is 5.91 Å². The number of carbonyl (C=O) groups is 1. The van der Waals surface area contributed by atoms with Crippen molar-refractivity contribution in [2.45, 2.75) is 32.2 Å². The Kier molecular flexibility index (Phi) is 8.11. The lowest BCUT2D eigenvalue weighted by atomic mass is 9.89. The van der Waals surface area contributed by atoms with Gasteiger partial charge in [-0.3, -0.25) is 4.79 Å².